The Morgan fingerprint density at radius 1 is 1.37 bits per heavy atom. The molecule has 0 saturated heterocycles. The van der Waals surface area contributed by atoms with Gasteiger partial charge in [-0.05, 0) is 42.2 Å². The lowest BCUT2D eigenvalue weighted by atomic mass is 10.1. The number of carboxylic acid groups (broad SMARTS) is 1. The Labute approximate surface area is 113 Å². The van der Waals surface area contributed by atoms with E-state index >= 15 is 0 Å². The van der Waals surface area contributed by atoms with Gasteiger partial charge in [0.1, 0.15) is 0 Å². The number of aryl methyl sites for hydroxylation is 1. The summed E-state index contributed by atoms with van der Waals surface area (Å²) in [7, 11) is 0. The molecule has 102 valence electrons. The van der Waals surface area contributed by atoms with Crippen molar-refractivity contribution in [2.24, 2.45) is 5.92 Å². The van der Waals surface area contributed by atoms with Crippen LogP contribution >= 0.6 is 0 Å². The smallest absolute Gasteiger partial charge is 0.328 e. The lowest BCUT2D eigenvalue weighted by molar-refractivity contribution is -0.131. The zero-order chi connectivity index (χ0) is 14.4. The standard InChI is InChI=1S/C15H19NO3/c1-10(2)8-14(17)16-13-6-4-12(11(3)9-13)5-7-15(18)19/h4-7,9-10H,8H2,1-3H3,(H,16,17)(H,18,19). The third-order valence-electron chi connectivity index (χ3n) is 2.55. The van der Waals surface area contributed by atoms with Crippen LogP contribution in [0.1, 0.15) is 31.4 Å². The first-order valence-electron chi connectivity index (χ1n) is 6.20. The summed E-state index contributed by atoms with van der Waals surface area (Å²) in [6.45, 7) is 5.86. The molecule has 0 fully saturated rings. The van der Waals surface area contributed by atoms with Gasteiger partial charge in [0.15, 0.2) is 0 Å². The van der Waals surface area contributed by atoms with Crippen LogP contribution in [0.3, 0.4) is 0 Å². The van der Waals surface area contributed by atoms with E-state index in [9.17, 15) is 9.59 Å². The summed E-state index contributed by atoms with van der Waals surface area (Å²) in [5, 5.41) is 11.4. The van der Waals surface area contributed by atoms with Crippen LogP contribution in [-0.2, 0) is 9.59 Å². The minimum atomic E-state index is -0.978. The van der Waals surface area contributed by atoms with Crippen molar-refractivity contribution in [3.05, 3.63) is 35.4 Å². The molecule has 0 aliphatic rings. The summed E-state index contributed by atoms with van der Waals surface area (Å²) >= 11 is 0. The number of hydrogen-bond donors (Lipinski definition) is 2. The van der Waals surface area contributed by atoms with Crippen LogP contribution in [0.25, 0.3) is 6.08 Å². The van der Waals surface area contributed by atoms with Crippen molar-refractivity contribution in [3.8, 4) is 0 Å². The fourth-order valence-electron chi connectivity index (χ4n) is 1.68. The summed E-state index contributed by atoms with van der Waals surface area (Å²) in [5.74, 6) is -0.671. The average Bonchev–Trinajstić information content (AvgIpc) is 2.26. The van der Waals surface area contributed by atoms with Crippen molar-refractivity contribution in [3.63, 3.8) is 0 Å². The Kier molecular flexibility index (Phi) is 5.30. The number of nitrogens with one attached hydrogen (secondary N) is 1. The molecule has 0 spiro atoms. The lowest BCUT2D eigenvalue weighted by Gasteiger charge is -2.09. The number of aliphatic carboxylic acids is 1. The number of benzene rings is 1. The first kappa shape index (κ1) is 15.0. The summed E-state index contributed by atoms with van der Waals surface area (Å²) in [5.41, 5.74) is 2.47. The largest absolute Gasteiger partial charge is 0.478 e. The molecule has 19 heavy (non-hydrogen) atoms. The minimum Gasteiger partial charge on any atom is -0.478 e. The number of anilines is 1. The van der Waals surface area contributed by atoms with E-state index in [1.807, 2.05) is 26.8 Å². The normalized spacial score (nSPS) is 10.9. The second kappa shape index (κ2) is 6.73. The van der Waals surface area contributed by atoms with Crippen molar-refractivity contribution in [2.75, 3.05) is 5.32 Å². The number of carbonyl (C=O) groups excluding carboxylic acids is 1. The number of amides is 1. The average molecular weight is 261 g/mol. The maximum Gasteiger partial charge on any atom is 0.328 e. The molecule has 0 atom stereocenters. The predicted molar refractivity (Wildman–Crippen MR) is 75.9 cm³/mol. The van der Waals surface area contributed by atoms with E-state index in [2.05, 4.69) is 5.32 Å². The van der Waals surface area contributed by atoms with Crippen molar-refractivity contribution in [1.82, 2.24) is 0 Å². The van der Waals surface area contributed by atoms with Crippen LogP contribution < -0.4 is 5.32 Å². The van der Waals surface area contributed by atoms with Crippen LogP contribution in [-0.4, -0.2) is 17.0 Å². The molecule has 0 aliphatic carbocycles. The fraction of sp³-hybridized carbons (Fsp3) is 0.333. The van der Waals surface area contributed by atoms with Crippen LogP contribution in [0.5, 0.6) is 0 Å². The Morgan fingerprint density at radius 3 is 2.58 bits per heavy atom. The van der Waals surface area contributed by atoms with E-state index < -0.39 is 5.97 Å². The molecule has 4 nitrogen and oxygen atoms in total. The second-order valence-electron chi connectivity index (χ2n) is 4.89. The lowest BCUT2D eigenvalue weighted by Crippen LogP contribution is -2.13. The van der Waals surface area contributed by atoms with E-state index in [-0.39, 0.29) is 5.91 Å². The Balaban J connectivity index is 2.77. The van der Waals surface area contributed by atoms with Gasteiger partial charge in [0.25, 0.3) is 0 Å². The summed E-state index contributed by atoms with van der Waals surface area (Å²) in [6, 6.07) is 5.40. The third-order valence-corrected chi connectivity index (χ3v) is 2.55. The van der Waals surface area contributed by atoms with Gasteiger partial charge in [0.05, 0.1) is 0 Å². The van der Waals surface area contributed by atoms with Gasteiger partial charge in [-0.1, -0.05) is 19.9 Å². The Hall–Kier alpha value is -2.10. The molecule has 0 unspecified atom stereocenters. The van der Waals surface area contributed by atoms with Crippen molar-refractivity contribution >= 4 is 23.6 Å². The third kappa shape index (κ3) is 5.38. The number of hydrogen-bond acceptors (Lipinski definition) is 2. The quantitative estimate of drug-likeness (QED) is 0.800. The first-order chi connectivity index (χ1) is 8.88. The Bertz CT molecular complexity index is 504. The molecular weight excluding hydrogens is 242 g/mol. The van der Waals surface area contributed by atoms with Gasteiger partial charge in [-0.15, -0.1) is 0 Å². The number of rotatable bonds is 5. The molecule has 0 heterocycles. The van der Waals surface area contributed by atoms with Gasteiger partial charge in [0.2, 0.25) is 5.91 Å². The monoisotopic (exact) mass is 261 g/mol. The van der Waals surface area contributed by atoms with Crippen molar-refractivity contribution < 1.29 is 14.7 Å². The highest BCUT2D eigenvalue weighted by Crippen LogP contribution is 2.17. The van der Waals surface area contributed by atoms with E-state index in [0.717, 1.165) is 22.9 Å². The van der Waals surface area contributed by atoms with Gasteiger partial charge in [-0.25, -0.2) is 4.79 Å². The van der Waals surface area contributed by atoms with E-state index in [0.29, 0.717) is 12.3 Å². The summed E-state index contributed by atoms with van der Waals surface area (Å²) in [4.78, 5) is 22.1. The molecule has 1 aromatic rings. The summed E-state index contributed by atoms with van der Waals surface area (Å²) in [6.07, 6.45) is 3.12. The van der Waals surface area contributed by atoms with E-state index in [4.69, 9.17) is 5.11 Å². The van der Waals surface area contributed by atoms with Crippen LogP contribution in [0.2, 0.25) is 0 Å². The predicted octanol–water partition coefficient (Wildman–Crippen LogP) is 3.08. The van der Waals surface area contributed by atoms with E-state index in [1.54, 1.807) is 12.1 Å². The molecule has 0 saturated carbocycles. The van der Waals surface area contributed by atoms with Gasteiger partial charge < -0.3 is 10.4 Å². The maximum absolute atomic E-state index is 11.6. The molecule has 1 amide bonds. The fourth-order valence-corrected chi connectivity index (χ4v) is 1.68. The number of carboxylic acids is 1. The zero-order valence-corrected chi connectivity index (χ0v) is 11.4. The van der Waals surface area contributed by atoms with Crippen LogP contribution in [0.4, 0.5) is 5.69 Å². The summed E-state index contributed by atoms with van der Waals surface area (Å²) < 4.78 is 0. The second-order valence-corrected chi connectivity index (χ2v) is 4.89. The van der Waals surface area contributed by atoms with Gasteiger partial charge >= 0.3 is 5.97 Å². The molecule has 2 N–H and O–H groups in total. The highest BCUT2D eigenvalue weighted by Gasteiger charge is 2.06. The van der Waals surface area contributed by atoms with Crippen LogP contribution in [0.15, 0.2) is 24.3 Å². The van der Waals surface area contributed by atoms with Gasteiger partial charge in [-0.2, -0.15) is 0 Å². The Morgan fingerprint density at radius 2 is 2.05 bits per heavy atom. The molecule has 4 heteroatoms. The maximum atomic E-state index is 11.6. The minimum absolute atomic E-state index is 0.0109. The molecule has 0 radical (unpaired) electrons. The SMILES string of the molecule is Cc1cc(NC(=O)CC(C)C)ccc1C=CC(=O)O. The molecule has 1 aromatic carbocycles. The van der Waals surface area contributed by atoms with Crippen molar-refractivity contribution in [2.45, 2.75) is 27.2 Å². The number of carbonyl (C=O) groups is 2. The highest BCUT2D eigenvalue weighted by molar-refractivity contribution is 5.91. The van der Waals surface area contributed by atoms with E-state index in [1.165, 1.54) is 6.08 Å². The molecule has 0 aromatic heterocycles. The molecular formula is C15H19NO3. The first-order valence-corrected chi connectivity index (χ1v) is 6.20. The van der Waals surface area contributed by atoms with Gasteiger partial charge in [-0.3, -0.25) is 4.79 Å². The molecule has 0 bridgehead atoms. The van der Waals surface area contributed by atoms with Crippen LogP contribution in [0, 0.1) is 12.8 Å². The zero-order valence-electron chi connectivity index (χ0n) is 11.4. The molecule has 1 rings (SSSR count). The highest BCUT2D eigenvalue weighted by atomic mass is 16.4. The molecule has 0 aliphatic heterocycles. The van der Waals surface area contributed by atoms with Crippen molar-refractivity contribution in [1.29, 1.82) is 0 Å². The van der Waals surface area contributed by atoms with Gasteiger partial charge in [0, 0.05) is 18.2 Å². The topological polar surface area (TPSA) is 66.4 Å².